The molecule has 4 rings (SSSR count). The molecule has 0 spiro atoms. The Hall–Kier alpha value is -2.18. The molecular weight excluding hydrogens is 371 g/mol. The predicted octanol–water partition coefficient (Wildman–Crippen LogP) is 4.63. The number of rotatable bonds is 6. The summed E-state index contributed by atoms with van der Waals surface area (Å²) in [7, 11) is 2.05. The van der Waals surface area contributed by atoms with Crippen LogP contribution in [0.4, 0.5) is 4.39 Å². The Morgan fingerprint density at radius 3 is 2.68 bits per heavy atom. The monoisotopic (exact) mass is 396 g/mol. The van der Waals surface area contributed by atoms with Crippen molar-refractivity contribution >= 4 is 11.8 Å². The Kier molecular flexibility index (Phi) is 6.07. The van der Waals surface area contributed by atoms with Gasteiger partial charge in [-0.2, -0.15) is 0 Å². The molecule has 28 heavy (non-hydrogen) atoms. The van der Waals surface area contributed by atoms with Gasteiger partial charge in [0.2, 0.25) is 0 Å². The number of hydrogen-bond donors (Lipinski definition) is 0. The van der Waals surface area contributed by atoms with Crippen LogP contribution in [-0.2, 0) is 19.3 Å². The molecule has 0 unspecified atom stereocenters. The van der Waals surface area contributed by atoms with Gasteiger partial charge in [-0.1, -0.05) is 60.3 Å². The molecule has 1 saturated heterocycles. The fourth-order valence-corrected chi connectivity index (χ4v) is 4.68. The number of benzene rings is 2. The lowest BCUT2D eigenvalue weighted by Gasteiger charge is -2.32. The second kappa shape index (κ2) is 8.88. The molecule has 0 radical (unpaired) electrons. The van der Waals surface area contributed by atoms with Gasteiger partial charge >= 0.3 is 0 Å². The maximum absolute atomic E-state index is 14.0. The first-order chi connectivity index (χ1) is 13.7. The van der Waals surface area contributed by atoms with E-state index in [-0.39, 0.29) is 5.82 Å². The largest absolute Gasteiger partial charge is 0.309 e. The molecule has 1 atom stereocenters. The van der Waals surface area contributed by atoms with E-state index in [0.717, 1.165) is 48.2 Å². The molecule has 1 aliphatic rings. The summed E-state index contributed by atoms with van der Waals surface area (Å²) in [6, 6.07) is 17.5. The Balaban J connectivity index is 1.41. The second-order valence-corrected chi connectivity index (χ2v) is 8.28. The Morgan fingerprint density at radius 2 is 1.86 bits per heavy atom. The van der Waals surface area contributed by atoms with E-state index in [1.165, 1.54) is 11.6 Å². The Morgan fingerprint density at radius 1 is 1.07 bits per heavy atom. The molecule has 1 fully saturated rings. The average molecular weight is 397 g/mol. The summed E-state index contributed by atoms with van der Waals surface area (Å²) in [5.74, 6) is 2.14. The van der Waals surface area contributed by atoms with Crippen molar-refractivity contribution in [3.05, 3.63) is 77.4 Å². The molecule has 0 amide bonds. The lowest BCUT2D eigenvalue weighted by Crippen LogP contribution is -2.35. The van der Waals surface area contributed by atoms with Crippen molar-refractivity contribution in [2.75, 3.05) is 13.1 Å². The zero-order chi connectivity index (χ0) is 19.3. The molecule has 3 aromatic rings. The third-order valence-corrected chi connectivity index (χ3v) is 6.39. The quantitative estimate of drug-likeness (QED) is 0.569. The van der Waals surface area contributed by atoms with E-state index in [4.69, 9.17) is 0 Å². The van der Waals surface area contributed by atoms with E-state index < -0.39 is 0 Å². The number of aromatic nitrogens is 3. The Labute approximate surface area is 169 Å². The molecule has 4 nitrogen and oxygen atoms in total. The van der Waals surface area contributed by atoms with Gasteiger partial charge in [-0.15, -0.1) is 10.2 Å². The van der Waals surface area contributed by atoms with Gasteiger partial charge in [-0.3, -0.25) is 4.90 Å². The van der Waals surface area contributed by atoms with Gasteiger partial charge in [0.1, 0.15) is 11.6 Å². The molecule has 0 bridgehead atoms. The number of hydrogen-bond acceptors (Lipinski definition) is 4. The van der Waals surface area contributed by atoms with E-state index in [9.17, 15) is 4.39 Å². The van der Waals surface area contributed by atoms with Crippen molar-refractivity contribution in [1.82, 2.24) is 19.7 Å². The molecule has 146 valence electrons. The highest BCUT2D eigenvalue weighted by Gasteiger charge is 2.26. The number of nitrogens with zero attached hydrogens (tertiary/aromatic N) is 4. The van der Waals surface area contributed by atoms with Crippen LogP contribution >= 0.6 is 11.8 Å². The minimum Gasteiger partial charge on any atom is -0.309 e. The van der Waals surface area contributed by atoms with E-state index in [0.29, 0.717) is 12.5 Å². The maximum Gasteiger partial charge on any atom is 0.191 e. The summed E-state index contributed by atoms with van der Waals surface area (Å²) in [6.07, 6.45) is 2.20. The van der Waals surface area contributed by atoms with Crippen molar-refractivity contribution < 1.29 is 4.39 Å². The van der Waals surface area contributed by atoms with Gasteiger partial charge in [0.05, 0.1) is 0 Å². The lowest BCUT2D eigenvalue weighted by atomic mass is 9.96. The van der Waals surface area contributed by atoms with Crippen LogP contribution in [0.5, 0.6) is 0 Å². The average Bonchev–Trinajstić information content (AvgIpc) is 3.10. The zero-order valence-corrected chi connectivity index (χ0v) is 16.9. The number of thioether (sulfide) groups is 1. The minimum absolute atomic E-state index is 0.122. The molecule has 2 heterocycles. The van der Waals surface area contributed by atoms with Crippen LogP contribution in [0.15, 0.2) is 59.8 Å². The first-order valence-electron chi connectivity index (χ1n) is 9.72. The zero-order valence-electron chi connectivity index (χ0n) is 16.1. The molecule has 0 saturated carbocycles. The second-order valence-electron chi connectivity index (χ2n) is 7.34. The fraction of sp³-hybridized carbons (Fsp3) is 0.364. The van der Waals surface area contributed by atoms with Crippen LogP contribution in [0.1, 0.15) is 35.7 Å². The summed E-state index contributed by atoms with van der Waals surface area (Å²) in [6.45, 7) is 2.54. The molecule has 1 aliphatic heterocycles. The van der Waals surface area contributed by atoms with E-state index in [1.54, 1.807) is 17.8 Å². The maximum atomic E-state index is 14.0. The van der Waals surface area contributed by atoms with Crippen molar-refractivity contribution in [2.24, 2.45) is 7.05 Å². The van der Waals surface area contributed by atoms with Crippen LogP contribution in [-0.4, -0.2) is 32.8 Å². The molecule has 0 aliphatic carbocycles. The van der Waals surface area contributed by atoms with Crippen molar-refractivity contribution in [2.45, 2.75) is 36.2 Å². The smallest absolute Gasteiger partial charge is 0.191 e. The highest BCUT2D eigenvalue weighted by atomic mass is 32.2. The van der Waals surface area contributed by atoms with E-state index in [1.807, 2.05) is 18.2 Å². The van der Waals surface area contributed by atoms with Crippen molar-refractivity contribution in [3.8, 4) is 0 Å². The number of likely N-dealkylation sites (tertiary alicyclic amines) is 1. The van der Waals surface area contributed by atoms with Gasteiger partial charge in [0, 0.05) is 37.4 Å². The Bertz CT molecular complexity index is 912. The predicted molar refractivity (Wildman–Crippen MR) is 111 cm³/mol. The molecular formula is C22H25FN4S. The minimum atomic E-state index is -0.122. The topological polar surface area (TPSA) is 34.0 Å². The normalized spacial score (nSPS) is 17.7. The van der Waals surface area contributed by atoms with Gasteiger partial charge in [0.15, 0.2) is 5.16 Å². The fourth-order valence-electron chi connectivity index (χ4n) is 3.81. The summed E-state index contributed by atoms with van der Waals surface area (Å²) < 4.78 is 16.1. The van der Waals surface area contributed by atoms with E-state index >= 15 is 0 Å². The summed E-state index contributed by atoms with van der Waals surface area (Å²) >= 11 is 1.72. The van der Waals surface area contributed by atoms with Gasteiger partial charge in [0.25, 0.3) is 0 Å². The summed E-state index contributed by atoms with van der Waals surface area (Å²) in [4.78, 5) is 2.33. The molecule has 0 N–H and O–H groups in total. The third kappa shape index (κ3) is 4.45. The molecule has 2 aromatic carbocycles. The van der Waals surface area contributed by atoms with Crippen molar-refractivity contribution in [3.63, 3.8) is 0 Å². The SMILES string of the molecule is Cn1c(SCc2ccccc2)nnc1[C@@H]1CCCN(Cc2ccccc2F)C1. The van der Waals surface area contributed by atoms with Crippen LogP contribution in [0.25, 0.3) is 0 Å². The van der Waals surface area contributed by atoms with Crippen LogP contribution in [0.3, 0.4) is 0 Å². The number of piperidine rings is 1. The number of halogens is 1. The van der Waals surface area contributed by atoms with Gasteiger partial charge < -0.3 is 4.57 Å². The molecule has 1 aromatic heterocycles. The highest BCUT2D eigenvalue weighted by molar-refractivity contribution is 7.98. The third-order valence-electron chi connectivity index (χ3n) is 5.30. The summed E-state index contributed by atoms with van der Waals surface area (Å²) in [5, 5.41) is 9.88. The van der Waals surface area contributed by atoms with Crippen molar-refractivity contribution in [1.29, 1.82) is 0 Å². The van der Waals surface area contributed by atoms with Gasteiger partial charge in [-0.05, 0) is 31.0 Å². The first kappa shape index (κ1) is 19.2. The highest BCUT2D eigenvalue weighted by Crippen LogP contribution is 2.29. The summed E-state index contributed by atoms with van der Waals surface area (Å²) in [5.41, 5.74) is 2.05. The standard InChI is InChI=1S/C22H25FN4S/c1-26-21(24-25-22(26)28-16-17-8-3-2-4-9-17)19-11-7-13-27(15-19)14-18-10-5-6-12-20(18)23/h2-6,8-10,12,19H,7,11,13-16H2,1H3/t19-/m1/s1. The van der Waals surface area contributed by atoms with Crippen LogP contribution < -0.4 is 0 Å². The van der Waals surface area contributed by atoms with Crippen LogP contribution in [0, 0.1) is 5.82 Å². The first-order valence-corrected chi connectivity index (χ1v) is 10.7. The van der Waals surface area contributed by atoms with Gasteiger partial charge in [-0.25, -0.2) is 4.39 Å². The lowest BCUT2D eigenvalue weighted by molar-refractivity contribution is 0.192. The van der Waals surface area contributed by atoms with Crippen LogP contribution in [0.2, 0.25) is 0 Å². The van der Waals surface area contributed by atoms with E-state index in [2.05, 4.69) is 51.0 Å². The molecule has 6 heteroatoms.